The van der Waals surface area contributed by atoms with Crippen molar-refractivity contribution >= 4 is 5.70 Å². The van der Waals surface area contributed by atoms with Crippen LogP contribution in [-0.4, -0.2) is 40.9 Å². The summed E-state index contributed by atoms with van der Waals surface area (Å²) in [6, 6.07) is 8.52. The smallest absolute Gasteiger partial charge is 0.0684 e. The van der Waals surface area contributed by atoms with Gasteiger partial charge in [-0.3, -0.25) is 0 Å². The summed E-state index contributed by atoms with van der Waals surface area (Å²) in [5.74, 6) is 0. The number of fused-ring (bicyclic) bond motifs is 3. The Morgan fingerprint density at radius 3 is 3.05 bits per heavy atom. The molecule has 0 fully saturated rings. The van der Waals surface area contributed by atoms with E-state index in [2.05, 4.69) is 39.6 Å². The van der Waals surface area contributed by atoms with Gasteiger partial charge in [0.1, 0.15) is 0 Å². The molecule has 4 nitrogen and oxygen atoms in total. The van der Waals surface area contributed by atoms with E-state index in [1.54, 1.807) is 0 Å². The highest BCUT2D eigenvalue weighted by Crippen LogP contribution is 2.32. The molecule has 0 atom stereocenters. The van der Waals surface area contributed by atoms with Gasteiger partial charge in [-0.25, -0.2) is 4.68 Å². The van der Waals surface area contributed by atoms with Gasteiger partial charge in [0, 0.05) is 49.8 Å². The van der Waals surface area contributed by atoms with E-state index in [1.807, 2.05) is 23.1 Å². The number of aromatic nitrogens is 2. The first-order valence-corrected chi connectivity index (χ1v) is 7.21. The second-order valence-corrected chi connectivity index (χ2v) is 5.28. The van der Waals surface area contributed by atoms with Crippen LogP contribution in [0.15, 0.2) is 42.7 Å². The summed E-state index contributed by atoms with van der Waals surface area (Å²) in [7, 11) is 0. The van der Waals surface area contributed by atoms with E-state index in [9.17, 15) is 0 Å². The molecule has 2 aliphatic heterocycles. The van der Waals surface area contributed by atoms with Gasteiger partial charge >= 0.3 is 0 Å². The molecule has 0 bridgehead atoms. The van der Waals surface area contributed by atoms with Crippen LogP contribution in [0.4, 0.5) is 0 Å². The maximum absolute atomic E-state index is 4.39. The Labute approximate surface area is 118 Å². The zero-order chi connectivity index (χ0) is 13.4. The van der Waals surface area contributed by atoms with Crippen molar-refractivity contribution in [2.75, 3.05) is 26.2 Å². The largest absolute Gasteiger partial charge is 0.370 e. The molecule has 0 saturated heterocycles. The van der Waals surface area contributed by atoms with Gasteiger partial charge < -0.3 is 10.2 Å². The molecule has 0 unspecified atom stereocenters. The molecule has 102 valence electrons. The predicted molar refractivity (Wildman–Crippen MR) is 79.7 cm³/mol. The quantitative estimate of drug-likeness (QED) is 0.852. The lowest BCUT2D eigenvalue weighted by Gasteiger charge is -2.33. The van der Waals surface area contributed by atoms with Crippen molar-refractivity contribution in [1.82, 2.24) is 20.0 Å². The van der Waals surface area contributed by atoms with Gasteiger partial charge in [-0.05, 0) is 30.2 Å². The fraction of sp³-hybridized carbons (Fsp3) is 0.312. The van der Waals surface area contributed by atoms with Crippen molar-refractivity contribution in [3.63, 3.8) is 0 Å². The first-order chi connectivity index (χ1) is 9.93. The zero-order valence-electron chi connectivity index (χ0n) is 11.4. The van der Waals surface area contributed by atoms with Crippen LogP contribution in [0, 0.1) is 0 Å². The highest BCUT2D eigenvalue weighted by atomic mass is 15.3. The van der Waals surface area contributed by atoms with Crippen molar-refractivity contribution in [2.24, 2.45) is 0 Å². The molecular weight excluding hydrogens is 248 g/mol. The molecule has 3 heterocycles. The summed E-state index contributed by atoms with van der Waals surface area (Å²) in [5.41, 5.74) is 5.38. The molecule has 1 aromatic heterocycles. The Morgan fingerprint density at radius 2 is 2.15 bits per heavy atom. The topological polar surface area (TPSA) is 33.1 Å². The highest BCUT2D eigenvalue weighted by Gasteiger charge is 2.24. The second kappa shape index (κ2) is 4.80. The van der Waals surface area contributed by atoms with Crippen LogP contribution < -0.4 is 5.32 Å². The molecule has 20 heavy (non-hydrogen) atoms. The van der Waals surface area contributed by atoms with E-state index in [-0.39, 0.29) is 0 Å². The summed E-state index contributed by atoms with van der Waals surface area (Å²) in [6.07, 6.45) is 7.26. The molecule has 2 aliphatic rings. The average Bonchev–Trinajstić information content (AvgIpc) is 2.91. The van der Waals surface area contributed by atoms with Gasteiger partial charge in [0.05, 0.1) is 5.69 Å². The third-order valence-electron chi connectivity index (χ3n) is 4.15. The van der Waals surface area contributed by atoms with Crippen LogP contribution in [0.3, 0.4) is 0 Å². The lowest BCUT2D eigenvalue weighted by atomic mass is 9.94. The SMILES string of the molecule is C1=C2c3cccc(-n4cccn4)c3CCN2CCNC1. The molecule has 0 spiro atoms. The number of hydrogen-bond acceptors (Lipinski definition) is 3. The molecular formula is C16H18N4. The minimum atomic E-state index is 0.956. The molecule has 4 rings (SSSR count). The van der Waals surface area contributed by atoms with E-state index in [4.69, 9.17) is 0 Å². The lowest BCUT2D eigenvalue weighted by Crippen LogP contribution is -2.33. The van der Waals surface area contributed by atoms with E-state index in [0.29, 0.717) is 0 Å². The van der Waals surface area contributed by atoms with Crippen molar-refractivity contribution in [1.29, 1.82) is 0 Å². The Morgan fingerprint density at radius 1 is 1.15 bits per heavy atom. The predicted octanol–water partition coefficient (Wildman–Crippen LogP) is 1.67. The van der Waals surface area contributed by atoms with Gasteiger partial charge in [-0.1, -0.05) is 12.1 Å². The number of nitrogens with one attached hydrogen (secondary N) is 1. The lowest BCUT2D eigenvalue weighted by molar-refractivity contribution is 0.394. The maximum Gasteiger partial charge on any atom is 0.0684 e. The van der Waals surface area contributed by atoms with Crippen LogP contribution in [0.2, 0.25) is 0 Å². The summed E-state index contributed by atoms with van der Waals surface area (Å²) >= 11 is 0. The van der Waals surface area contributed by atoms with Crippen LogP contribution in [0.1, 0.15) is 11.1 Å². The fourth-order valence-corrected chi connectivity index (χ4v) is 3.20. The third kappa shape index (κ3) is 1.84. The molecule has 0 aliphatic carbocycles. The van der Waals surface area contributed by atoms with Crippen LogP contribution >= 0.6 is 0 Å². The summed E-state index contributed by atoms with van der Waals surface area (Å²) < 4.78 is 1.98. The zero-order valence-corrected chi connectivity index (χ0v) is 11.4. The van der Waals surface area contributed by atoms with E-state index in [1.165, 1.54) is 22.5 Å². The Hall–Kier alpha value is -2.07. The summed E-state index contributed by atoms with van der Waals surface area (Å²) in [6.45, 7) is 4.21. The van der Waals surface area contributed by atoms with Crippen molar-refractivity contribution < 1.29 is 0 Å². The minimum Gasteiger partial charge on any atom is -0.370 e. The standard InChI is InChI=1S/C16H18N4/c1-3-13-14(16(4-1)20-10-2-7-18-20)6-11-19-12-9-17-8-5-15(13)19/h1-5,7,10,17H,6,8-9,11-12H2. The first kappa shape index (κ1) is 11.7. The van der Waals surface area contributed by atoms with Gasteiger partial charge in [-0.2, -0.15) is 5.10 Å². The Kier molecular flexibility index (Phi) is 2.81. The van der Waals surface area contributed by atoms with Crippen molar-refractivity contribution in [2.45, 2.75) is 6.42 Å². The number of hydrogen-bond donors (Lipinski definition) is 1. The fourth-order valence-electron chi connectivity index (χ4n) is 3.20. The van der Waals surface area contributed by atoms with Gasteiger partial charge in [0.15, 0.2) is 0 Å². The normalized spacial score (nSPS) is 18.0. The summed E-state index contributed by atoms with van der Waals surface area (Å²) in [4.78, 5) is 2.50. The average molecular weight is 266 g/mol. The van der Waals surface area contributed by atoms with E-state index < -0.39 is 0 Å². The van der Waals surface area contributed by atoms with Crippen molar-refractivity contribution in [3.8, 4) is 5.69 Å². The van der Waals surface area contributed by atoms with Crippen molar-refractivity contribution in [3.05, 3.63) is 53.9 Å². The molecule has 1 aromatic carbocycles. The van der Waals surface area contributed by atoms with Gasteiger partial charge in [0.25, 0.3) is 0 Å². The van der Waals surface area contributed by atoms with Gasteiger partial charge in [-0.15, -0.1) is 0 Å². The van der Waals surface area contributed by atoms with Crippen LogP contribution in [0.5, 0.6) is 0 Å². The van der Waals surface area contributed by atoms with E-state index >= 15 is 0 Å². The Bertz CT molecular complexity index is 643. The van der Waals surface area contributed by atoms with E-state index in [0.717, 1.165) is 32.6 Å². The number of benzene rings is 1. The third-order valence-corrected chi connectivity index (χ3v) is 4.15. The Balaban J connectivity index is 1.85. The monoisotopic (exact) mass is 266 g/mol. The maximum atomic E-state index is 4.39. The van der Waals surface area contributed by atoms with Crippen LogP contribution in [0.25, 0.3) is 11.4 Å². The van der Waals surface area contributed by atoms with Crippen LogP contribution in [-0.2, 0) is 6.42 Å². The molecule has 0 saturated carbocycles. The number of nitrogens with zero attached hydrogens (tertiary/aromatic N) is 3. The van der Waals surface area contributed by atoms with Gasteiger partial charge in [0.2, 0.25) is 0 Å². The summed E-state index contributed by atoms with van der Waals surface area (Å²) in [5, 5.41) is 7.83. The molecule has 0 radical (unpaired) electrons. The minimum absolute atomic E-state index is 0.956. The molecule has 2 aromatic rings. The molecule has 0 amide bonds. The second-order valence-electron chi connectivity index (χ2n) is 5.28. The molecule has 1 N–H and O–H groups in total. The number of rotatable bonds is 1. The molecule has 4 heteroatoms. The highest BCUT2D eigenvalue weighted by molar-refractivity contribution is 5.72. The first-order valence-electron chi connectivity index (χ1n) is 7.21.